The Balaban J connectivity index is 1.80. The predicted octanol–water partition coefficient (Wildman–Crippen LogP) is 2.94. The zero-order valence-corrected chi connectivity index (χ0v) is 16.3. The molecule has 1 fully saturated rings. The first-order valence-corrected chi connectivity index (χ1v) is 9.44. The minimum absolute atomic E-state index is 0.0226. The number of rotatable bonds is 5. The fourth-order valence-electron chi connectivity index (χ4n) is 3.02. The lowest BCUT2D eigenvalue weighted by atomic mass is 10.1. The van der Waals surface area contributed by atoms with Gasteiger partial charge < -0.3 is 10.6 Å². The fraction of sp³-hybridized carbons (Fsp3) is 0.389. The highest BCUT2D eigenvalue weighted by molar-refractivity contribution is 9.10. The standard InChI is InChI=1S/C18H22BrN5O2/c1-3-4-14-10-16(25)22-18(20-14)24-15(9-11(2)23-24)21-17(26)12-5-7-13(19)8-6-12/h5-9,14,18,20H,3-4,10H2,1-2H3,(H,21,26)(H,22,25). The van der Waals surface area contributed by atoms with E-state index in [9.17, 15) is 9.59 Å². The highest BCUT2D eigenvalue weighted by Crippen LogP contribution is 2.20. The molecule has 138 valence electrons. The first-order chi connectivity index (χ1) is 12.5. The second-order valence-electron chi connectivity index (χ2n) is 6.40. The Hall–Kier alpha value is -2.19. The molecule has 0 bridgehead atoms. The molecule has 3 rings (SSSR count). The molecular formula is C18H22BrN5O2. The summed E-state index contributed by atoms with van der Waals surface area (Å²) in [7, 11) is 0. The number of nitrogens with one attached hydrogen (secondary N) is 3. The number of amides is 2. The molecule has 2 heterocycles. The topological polar surface area (TPSA) is 88.1 Å². The Kier molecular flexibility index (Phi) is 5.73. The van der Waals surface area contributed by atoms with E-state index in [2.05, 4.69) is 43.9 Å². The fourth-order valence-corrected chi connectivity index (χ4v) is 3.29. The second kappa shape index (κ2) is 8.01. The molecule has 2 unspecified atom stereocenters. The van der Waals surface area contributed by atoms with Crippen molar-refractivity contribution in [3.8, 4) is 0 Å². The SMILES string of the molecule is CCCC1CC(=O)NC(n2nc(C)cc2NC(=O)c2ccc(Br)cc2)N1. The summed E-state index contributed by atoms with van der Waals surface area (Å²) in [5, 5.41) is 13.6. The number of benzene rings is 1. The number of halogens is 1. The highest BCUT2D eigenvalue weighted by Gasteiger charge is 2.28. The van der Waals surface area contributed by atoms with E-state index in [1.54, 1.807) is 22.9 Å². The van der Waals surface area contributed by atoms with Gasteiger partial charge in [0.1, 0.15) is 5.82 Å². The molecule has 2 amide bonds. The molecule has 2 aromatic rings. The van der Waals surface area contributed by atoms with E-state index in [0.717, 1.165) is 23.0 Å². The van der Waals surface area contributed by atoms with Crippen LogP contribution in [0.1, 0.15) is 48.5 Å². The number of carbonyl (C=O) groups is 2. The van der Waals surface area contributed by atoms with Crippen LogP contribution in [0, 0.1) is 6.92 Å². The summed E-state index contributed by atoms with van der Waals surface area (Å²) < 4.78 is 2.53. The van der Waals surface area contributed by atoms with Crippen LogP contribution < -0.4 is 16.0 Å². The van der Waals surface area contributed by atoms with Gasteiger partial charge in [0.2, 0.25) is 5.91 Å². The van der Waals surface area contributed by atoms with Crippen molar-refractivity contribution in [2.24, 2.45) is 0 Å². The molecule has 7 nitrogen and oxygen atoms in total. The molecule has 3 N–H and O–H groups in total. The van der Waals surface area contributed by atoms with Crippen LogP contribution in [-0.4, -0.2) is 27.6 Å². The molecule has 0 saturated carbocycles. The number of hydrogen-bond acceptors (Lipinski definition) is 4. The van der Waals surface area contributed by atoms with Crippen LogP contribution in [0.3, 0.4) is 0 Å². The van der Waals surface area contributed by atoms with Gasteiger partial charge in [-0.1, -0.05) is 29.3 Å². The van der Waals surface area contributed by atoms with E-state index in [4.69, 9.17) is 0 Å². The van der Waals surface area contributed by atoms with Gasteiger partial charge in [-0.3, -0.25) is 14.9 Å². The zero-order chi connectivity index (χ0) is 18.7. The van der Waals surface area contributed by atoms with E-state index in [1.165, 1.54) is 0 Å². The molecule has 0 spiro atoms. The van der Waals surface area contributed by atoms with Crippen LogP contribution in [0.4, 0.5) is 5.82 Å². The number of carbonyl (C=O) groups excluding carboxylic acids is 2. The molecule has 0 aliphatic carbocycles. The molecule has 8 heteroatoms. The number of aromatic nitrogens is 2. The Morgan fingerprint density at radius 2 is 2.12 bits per heavy atom. The zero-order valence-electron chi connectivity index (χ0n) is 14.8. The monoisotopic (exact) mass is 419 g/mol. The molecule has 0 radical (unpaired) electrons. The van der Waals surface area contributed by atoms with Crippen molar-refractivity contribution in [3.05, 3.63) is 46.1 Å². The Morgan fingerprint density at radius 3 is 2.81 bits per heavy atom. The lowest BCUT2D eigenvalue weighted by Gasteiger charge is -2.32. The van der Waals surface area contributed by atoms with Crippen molar-refractivity contribution in [1.82, 2.24) is 20.4 Å². The summed E-state index contributed by atoms with van der Waals surface area (Å²) in [4.78, 5) is 24.6. The molecule has 1 aliphatic rings. The number of anilines is 1. The number of nitrogens with zero attached hydrogens (tertiary/aromatic N) is 2. The maximum atomic E-state index is 12.5. The van der Waals surface area contributed by atoms with Gasteiger partial charge in [-0.05, 0) is 37.6 Å². The smallest absolute Gasteiger partial charge is 0.256 e. The lowest BCUT2D eigenvalue weighted by Crippen LogP contribution is -2.53. The molecule has 1 aromatic carbocycles. The van der Waals surface area contributed by atoms with Crippen molar-refractivity contribution >= 4 is 33.6 Å². The van der Waals surface area contributed by atoms with Crippen LogP contribution in [0.2, 0.25) is 0 Å². The minimum Gasteiger partial charge on any atom is -0.322 e. The first-order valence-electron chi connectivity index (χ1n) is 8.64. The summed E-state index contributed by atoms with van der Waals surface area (Å²) in [5.74, 6) is 0.279. The predicted molar refractivity (Wildman–Crippen MR) is 103 cm³/mol. The average molecular weight is 420 g/mol. The van der Waals surface area contributed by atoms with Gasteiger partial charge in [-0.15, -0.1) is 0 Å². The Bertz CT molecular complexity index is 802. The van der Waals surface area contributed by atoms with Crippen molar-refractivity contribution in [1.29, 1.82) is 0 Å². The van der Waals surface area contributed by atoms with Crippen molar-refractivity contribution in [2.45, 2.75) is 45.4 Å². The van der Waals surface area contributed by atoms with Crippen molar-refractivity contribution in [2.75, 3.05) is 5.32 Å². The minimum atomic E-state index is -0.485. The molecule has 1 saturated heterocycles. The first kappa shape index (κ1) is 18.6. The third kappa shape index (κ3) is 4.31. The molecule has 1 aliphatic heterocycles. The summed E-state index contributed by atoms with van der Waals surface area (Å²) >= 11 is 3.36. The molecule has 1 aromatic heterocycles. The van der Waals surface area contributed by atoms with Gasteiger partial charge in [-0.25, -0.2) is 4.68 Å². The molecule has 26 heavy (non-hydrogen) atoms. The van der Waals surface area contributed by atoms with Crippen molar-refractivity contribution < 1.29 is 9.59 Å². The average Bonchev–Trinajstić information content (AvgIpc) is 2.95. The number of aryl methyl sites for hydroxylation is 1. The van der Waals surface area contributed by atoms with E-state index < -0.39 is 6.29 Å². The summed E-state index contributed by atoms with van der Waals surface area (Å²) in [6, 6.07) is 8.99. The number of hydrogen-bond donors (Lipinski definition) is 3. The van der Waals surface area contributed by atoms with Crippen molar-refractivity contribution in [3.63, 3.8) is 0 Å². The van der Waals surface area contributed by atoms with Gasteiger partial charge in [0.25, 0.3) is 5.91 Å². The van der Waals surface area contributed by atoms with E-state index in [0.29, 0.717) is 17.8 Å². The normalized spacial score (nSPS) is 19.9. The van der Waals surface area contributed by atoms with E-state index >= 15 is 0 Å². The Morgan fingerprint density at radius 1 is 1.38 bits per heavy atom. The molecule has 2 atom stereocenters. The lowest BCUT2D eigenvalue weighted by molar-refractivity contribution is -0.125. The molecular weight excluding hydrogens is 398 g/mol. The van der Waals surface area contributed by atoms with Crippen LogP contribution in [0.25, 0.3) is 0 Å². The third-order valence-electron chi connectivity index (χ3n) is 4.21. The maximum absolute atomic E-state index is 12.5. The van der Waals surface area contributed by atoms with Crippen LogP contribution in [-0.2, 0) is 4.79 Å². The van der Waals surface area contributed by atoms with Crippen LogP contribution >= 0.6 is 15.9 Å². The Labute approximate surface area is 160 Å². The third-order valence-corrected chi connectivity index (χ3v) is 4.74. The second-order valence-corrected chi connectivity index (χ2v) is 7.32. The summed E-state index contributed by atoms with van der Waals surface area (Å²) in [6.07, 6.45) is 1.86. The quantitative estimate of drug-likeness (QED) is 0.694. The summed E-state index contributed by atoms with van der Waals surface area (Å²) in [5.41, 5.74) is 1.30. The maximum Gasteiger partial charge on any atom is 0.256 e. The van der Waals surface area contributed by atoms with Gasteiger partial charge in [0, 0.05) is 28.6 Å². The van der Waals surface area contributed by atoms with Gasteiger partial charge >= 0.3 is 0 Å². The summed E-state index contributed by atoms with van der Waals surface area (Å²) in [6.45, 7) is 3.94. The van der Waals surface area contributed by atoms with Crippen LogP contribution in [0.15, 0.2) is 34.8 Å². The van der Waals surface area contributed by atoms with Gasteiger partial charge in [0.15, 0.2) is 6.29 Å². The highest BCUT2D eigenvalue weighted by atomic mass is 79.9. The van der Waals surface area contributed by atoms with Crippen LogP contribution in [0.5, 0.6) is 0 Å². The van der Waals surface area contributed by atoms with Gasteiger partial charge in [-0.2, -0.15) is 5.10 Å². The van der Waals surface area contributed by atoms with Gasteiger partial charge in [0.05, 0.1) is 5.69 Å². The van der Waals surface area contributed by atoms with E-state index in [-0.39, 0.29) is 17.9 Å². The largest absolute Gasteiger partial charge is 0.322 e. The van der Waals surface area contributed by atoms with E-state index in [1.807, 2.05) is 19.1 Å².